The number of rotatable bonds is 2. The van der Waals surface area contributed by atoms with Gasteiger partial charge in [-0.05, 0) is 12.5 Å². The first-order valence-corrected chi connectivity index (χ1v) is 6.69. The van der Waals surface area contributed by atoms with Crippen molar-refractivity contribution in [1.29, 1.82) is 0 Å². The molecular formula is C14H19N3O2. The summed E-state index contributed by atoms with van der Waals surface area (Å²) in [6.07, 6.45) is 0. The Labute approximate surface area is 112 Å². The van der Waals surface area contributed by atoms with Crippen LogP contribution in [-0.2, 0) is 6.54 Å². The second-order valence-electron chi connectivity index (χ2n) is 5.35. The molecule has 1 aromatic rings. The van der Waals surface area contributed by atoms with Gasteiger partial charge < -0.3 is 15.3 Å². The fraction of sp³-hybridized carbons (Fsp3) is 0.500. The first-order valence-electron chi connectivity index (χ1n) is 6.69. The number of amides is 2. The van der Waals surface area contributed by atoms with Crippen LogP contribution in [0, 0.1) is 6.92 Å². The molecule has 3 rings (SSSR count). The van der Waals surface area contributed by atoms with Crippen LogP contribution in [0.25, 0.3) is 0 Å². The summed E-state index contributed by atoms with van der Waals surface area (Å²) in [5, 5.41) is 12.9. The molecule has 2 heterocycles. The predicted molar refractivity (Wildman–Crippen MR) is 72.0 cm³/mol. The summed E-state index contributed by atoms with van der Waals surface area (Å²) in [5.41, 5.74) is 1.87. The van der Waals surface area contributed by atoms with Crippen LogP contribution in [0.15, 0.2) is 18.2 Å². The average molecular weight is 261 g/mol. The van der Waals surface area contributed by atoms with Gasteiger partial charge in [0.2, 0.25) is 0 Å². The van der Waals surface area contributed by atoms with Crippen LogP contribution < -0.4 is 5.32 Å². The Bertz CT molecular complexity index is 503. The molecular weight excluding hydrogens is 242 g/mol. The highest BCUT2D eigenvalue weighted by Gasteiger charge is 2.35. The number of aryl methyl sites for hydroxylation is 1. The zero-order valence-electron chi connectivity index (χ0n) is 11.1. The highest BCUT2D eigenvalue weighted by molar-refractivity contribution is 5.77. The van der Waals surface area contributed by atoms with Crippen molar-refractivity contribution in [2.45, 2.75) is 19.5 Å². The number of nitrogens with one attached hydrogen (secondary N) is 1. The van der Waals surface area contributed by atoms with E-state index >= 15 is 0 Å². The molecule has 1 aromatic carbocycles. The molecule has 0 aromatic heterocycles. The first-order chi connectivity index (χ1) is 9.15. The van der Waals surface area contributed by atoms with Gasteiger partial charge >= 0.3 is 6.03 Å². The molecule has 0 aliphatic carbocycles. The molecule has 1 unspecified atom stereocenters. The van der Waals surface area contributed by atoms with E-state index in [9.17, 15) is 9.90 Å². The normalized spacial score (nSPS) is 23.3. The predicted octanol–water partition coefficient (Wildman–Crippen LogP) is 0.910. The Morgan fingerprint density at radius 2 is 2.26 bits per heavy atom. The van der Waals surface area contributed by atoms with Gasteiger partial charge in [0.1, 0.15) is 5.75 Å². The number of phenolic OH excluding ortho intramolecular Hbond substituents is 1. The lowest BCUT2D eigenvalue weighted by molar-refractivity contribution is 0.116. The van der Waals surface area contributed by atoms with Gasteiger partial charge in [-0.3, -0.25) is 4.90 Å². The third kappa shape index (κ3) is 2.26. The summed E-state index contributed by atoms with van der Waals surface area (Å²) in [6, 6.07) is 6.18. The third-order valence-electron chi connectivity index (χ3n) is 4.03. The molecule has 2 amide bonds. The SMILES string of the molecule is Cc1cccc(CN2CCN3C(=O)NCC3C2)c1O. The molecule has 19 heavy (non-hydrogen) atoms. The minimum Gasteiger partial charge on any atom is -0.507 e. The second-order valence-corrected chi connectivity index (χ2v) is 5.35. The number of carbonyl (C=O) groups is 1. The number of hydrogen-bond donors (Lipinski definition) is 2. The Balaban J connectivity index is 1.68. The van der Waals surface area contributed by atoms with E-state index < -0.39 is 0 Å². The van der Waals surface area contributed by atoms with Crippen LogP contribution in [-0.4, -0.2) is 53.2 Å². The zero-order valence-corrected chi connectivity index (χ0v) is 11.1. The number of phenols is 1. The molecule has 5 nitrogen and oxygen atoms in total. The molecule has 2 saturated heterocycles. The quantitative estimate of drug-likeness (QED) is 0.832. The fourth-order valence-electron chi connectivity index (χ4n) is 2.90. The van der Waals surface area contributed by atoms with Crippen LogP contribution in [0.5, 0.6) is 5.75 Å². The molecule has 2 N–H and O–H groups in total. The van der Waals surface area contributed by atoms with E-state index in [1.807, 2.05) is 30.0 Å². The largest absolute Gasteiger partial charge is 0.507 e. The van der Waals surface area contributed by atoms with Crippen molar-refractivity contribution in [2.24, 2.45) is 0 Å². The molecule has 2 aliphatic heterocycles. The minimum absolute atomic E-state index is 0.0584. The van der Waals surface area contributed by atoms with Gasteiger partial charge in [-0.1, -0.05) is 18.2 Å². The molecule has 0 spiro atoms. The van der Waals surface area contributed by atoms with Crippen molar-refractivity contribution in [1.82, 2.24) is 15.1 Å². The van der Waals surface area contributed by atoms with Crippen LogP contribution in [0.1, 0.15) is 11.1 Å². The van der Waals surface area contributed by atoms with Gasteiger partial charge in [-0.15, -0.1) is 0 Å². The molecule has 0 saturated carbocycles. The smallest absolute Gasteiger partial charge is 0.317 e. The summed E-state index contributed by atoms with van der Waals surface area (Å²) in [7, 11) is 0. The van der Waals surface area contributed by atoms with Crippen molar-refractivity contribution < 1.29 is 9.90 Å². The summed E-state index contributed by atoms with van der Waals surface area (Å²) < 4.78 is 0. The van der Waals surface area contributed by atoms with Crippen molar-refractivity contribution in [3.8, 4) is 5.75 Å². The number of benzene rings is 1. The van der Waals surface area contributed by atoms with Crippen LogP contribution >= 0.6 is 0 Å². The number of piperazine rings is 1. The molecule has 0 radical (unpaired) electrons. The second kappa shape index (κ2) is 4.74. The topological polar surface area (TPSA) is 55.8 Å². The number of carbonyl (C=O) groups excluding carboxylic acids is 1. The highest BCUT2D eigenvalue weighted by atomic mass is 16.3. The average Bonchev–Trinajstić information content (AvgIpc) is 2.76. The molecule has 0 bridgehead atoms. The summed E-state index contributed by atoms with van der Waals surface area (Å²) in [6.45, 7) is 5.88. The van der Waals surface area contributed by atoms with Crippen molar-refractivity contribution in [3.05, 3.63) is 29.3 Å². The van der Waals surface area contributed by atoms with Crippen LogP contribution in [0.2, 0.25) is 0 Å². The monoisotopic (exact) mass is 261 g/mol. The number of urea groups is 1. The molecule has 102 valence electrons. The van der Waals surface area contributed by atoms with Gasteiger partial charge in [0.15, 0.2) is 0 Å². The molecule has 2 fully saturated rings. The number of para-hydroxylation sites is 1. The Hall–Kier alpha value is -1.75. The van der Waals surface area contributed by atoms with E-state index in [1.54, 1.807) is 0 Å². The van der Waals surface area contributed by atoms with E-state index in [1.165, 1.54) is 0 Å². The number of fused-ring (bicyclic) bond motifs is 1. The Kier molecular flexibility index (Phi) is 3.06. The first kappa shape index (κ1) is 12.3. The summed E-state index contributed by atoms with van der Waals surface area (Å²) >= 11 is 0. The maximum Gasteiger partial charge on any atom is 0.317 e. The van der Waals surface area contributed by atoms with E-state index in [0.29, 0.717) is 5.75 Å². The van der Waals surface area contributed by atoms with Crippen LogP contribution in [0.3, 0.4) is 0 Å². The summed E-state index contributed by atoms with van der Waals surface area (Å²) in [5.74, 6) is 0.394. The van der Waals surface area contributed by atoms with Crippen molar-refractivity contribution >= 4 is 6.03 Å². The van der Waals surface area contributed by atoms with E-state index in [4.69, 9.17) is 0 Å². The van der Waals surface area contributed by atoms with Crippen molar-refractivity contribution in [2.75, 3.05) is 26.2 Å². The third-order valence-corrected chi connectivity index (χ3v) is 4.03. The van der Waals surface area contributed by atoms with Gasteiger partial charge in [0.05, 0.1) is 6.04 Å². The number of nitrogens with zero attached hydrogens (tertiary/aromatic N) is 2. The zero-order chi connectivity index (χ0) is 13.4. The van der Waals surface area contributed by atoms with Crippen LogP contribution in [0.4, 0.5) is 4.79 Å². The van der Waals surface area contributed by atoms with Gasteiger partial charge in [-0.25, -0.2) is 4.79 Å². The van der Waals surface area contributed by atoms with Crippen molar-refractivity contribution in [3.63, 3.8) is 0 Å². The van der Waals surface area contributed by atoms with Gasteiger partial charge in [0.25, 0.3) is 0 Å². The molecule has 1 atom stereocenters. The van der Waals surface area contributed by atoms with Gasteiger partial charge in [-0.2, -0.15) is 0 Å². The Morgan fingerprint density at radius 3 is 3.11 bits per heavy atom. The highest BCUT2D eigenvalue weighted by Crippen LogP contribution is 2.24. The minimum atomic E-state index is 0.0584. The lowest BCUT2D eigenvalue weighted by Gasteiger charge is -2.36. The number of aromatic hydroxyl groups is 1. The van der Waals surface area contributed by atoms with E-state index in [2.05, 4.69) is 10.2 Å². The maximum atomic E-state index is 11.5. The van der Waals surface area contributed by atoms with Gasteiger partial charge in [0, 0.05) is 38.3 Å². The Morgan fingerprint density at radius 1 is 1.42 bits per heavy atom. The standard InChI is InChI=1S/C14H19N3O2/c1-10-3-2-4-11(13(10)18)8-16-5-6-17-12(9-16)7-15-14(17)19/h2-4,12,18H,5-9H2,1H3,(H,15,19). The lowest BCUT2D eigenvalue weighted by atomic mass is 10.1. The number of hydrogen-bond acceptors (Lipinski definition) is 3. The molecule has 5 heteroatoms. The van der Waals surface area contributed by atoms with E-state index in [0.717, 1.165) is 43.9 Å². The summed E-state index contributed by atoms with van der Waals surface area (Å²) in [4.78, 5) is 15.7. The van der Waals surface area contributed by atoms with E-state index in [-0.39, 0.29) is 12.1 Å². The molecule has 2 aliphatic rings. The maximum absolute atomic E-state index is 11.5. The fourth-order valence-corrected chi connectivity index (χ4v) is 2.90. The lowest BCUT2D eigenvalue weighted by Crippen LogP contribution is -2.51.